The highest BCUT2D eigenvalue weighted by molar-refractivity contribution is 5.97. The molecule has 0 fully saturated rings. The molecule has 482 valence electrons. The summed E-state index contributed by atoms with van der Waals surface area (Å²) < 4.78 is 22.4. The molecule has 0 aliphatic heterocycles. The van der Waals surface area contributed by atoms with Gasteiger partial charge in [0.1, 0.15) is 25.3 Å². The Balaban J connectivity index is 0.000000269. The molecule has 0 saturated carbocycles. The minimum atomic E-state index is -0.977. The lowest BCUT2D eigenvalue weighted by atomic mass is 9.98. The van der Waals surface area contributed by atoms with Crippen LogP contribution in [0.2, 0.25) is 0 Å². The second-order valence-electron chi connectivity index (χ2n) is 22.0. The van der Waals surface area contributed by atoms with Gasteiger partial charge in [-0.25, -0.2) is 25.3 Å². The molecule has 4 atom stereocenters. The van der Waals surface area contributed by atoms with E-state index >= 15 is 0 Å². The monoisotopic (exact) mass is 1250 g/mol. The van der Waals surface area contributed by atoms with Crippen LogP contribution in [0.3, 0.4) is 0 Å². The maximum atomic E-state index is 12.6. The molecule has 92 heavy (non-hydrogen) atoms. The van der Waals surface area contributed by atoms with Crippen molar-refractivity contribution in [1.82, 2.24) is 27.1 Å². The number of amides is 5. The number of aromatic carboxylic acids is 1. The molecule has 0 spiro atoms. The Hall–Kier alpha value is -10.3. The van der Waals surface area contributed by atoms with Gasteiger partial charge in [0, 0.05) is 35.6 Å². The normalized spacial score (nSPS) is 12.6. The number of alkyl carbamates (subject to hydrolysis) is 1. The lowest BCUT2D eigenvalue weighted by Crippen LogP contribution is -2.54. The van der Waals surface area contributed by atoms with Crippen LogP contribution in [-0.2, 0) is 43.0 Å². The minimum Gasteiger partial charge on any atom is -0.478 e. The maximum absolute atomic E-state index is 12.6. The third-order valence-corrected chi connectivity index (χ3v) is 13.3. The van der Waals surface area contributed by atoms with Crippen molar-refractivity contribution in [3.8, 4) is 70.6 Å². The molecule has 0 aromatic heterocycles. The Morgan fingerprint density at radius 1 is 0.478 bits per heavy atom. The van der Waals surface area contributed by atoms with Gasteiger partial charge in [-0.1, -0.05) is 109 Å². The zero-order chi connectivity index (χ0) is 68.0. The van der Waals surface area contributed by atoms with Gasteiger partial charge in [-0.3, -0.25) is 28.9 Å². The highest BCUT2D eigenvalue weighted by Gasteiger charge is 2.35. The van der Waals surface area contributed by atoms with Gasteiger partial charge in [-0.15, -0.1) is 12.8 Å². The Morgan fingerprint density at radius 3 is 1.13 bits per heavy atom. The number of hydrogen-bond donors (Lipinski definition) is 7. The van der Waals surface area contributed by atoms with Crippen LogP contribution < -0.4 is 27.1 Å². The van der Waals surface area contributed by atoms with Crippen molar-refractivity contribution < 1.29 is 72.4 Å². The first-order valence-corrected chi connectivity index (χ1v) is 28.8. The Bertz CT molecular complexity index is 3580. The number of aliphatic hydroxyl groups is 1. The van der Waals surface area contributed by atoms with Gasteiger partial charge < -0.3 is 39.8 Å². The molecule has 2 unspecified atom stereocenters. The first-order valence-electron chi connectivity index (χ1n) is 28.8. The molecule has 2 aliphatic rings. The van der Waals surface area contributed by atoms with Crippen LogP contribution in [0, 0.1) is 48.4 Å². The highest BCUT2D eigenvalue weighted by atomic mass is 16.7. The molecule has 2 aliphatic carbocycles. The average molecular weight is 1250 g/mol. The van der Waals surface area contributed by atoms with E-state index in [9.17, 15) is 28.8 Å². The lowest BCUT2D eigenvalue weighted by molar-refractivity contribution is -0.141. The van der Waals surface area contributed by atoms with Crippen molar-refractivity contribution in [3.63, 3.8) is 0 Å². The second-order valence-corrected chi connectivity index (χ2v) is 22.0. The molecule has 8 rings (SSSR count). The molecule has 7 N–H and O–H groups in total. The van der Waals surface area contributed by atoms with Crippen molar-refractivity contribution in [3.05, 3.63) is 190 Å². The number of fused-ring (bicyclic) bond motifs is 6. The number of carbonyl (C=O) groups excluding carboxylic acids is 5. The van der Waals surface area contributed by atoms with E-state index < -0.39 is 71.4 Å². The van der Waals surface area contributed by atoms with Crippen molar-refractivity contribution in [2.24, 2.45) is 0 Å². The van der Waals surface area contributed by atoms with E-state index in [-0.39, 0.29) is 24.0 Å². The van der Waals surface area contributed by atoms with Crippen molar-refractivity contribution >= 4 is 35.9 Å². The fourth-order valence-corrected chi connectivity index (χ4v) is 9.69. The van der Waals surface area contributed by atoms with E-state index in [4.69, 9.17) is 46.8 Å². The standard InChI is InChI=1S/C24H30N2O5.C20H24N2O4.C16H15NO3.C11H6O2.CH4O/c1-15(31-24(2,3)4)21(22(27)26-29-5)25-23(28)30-14-20-18-12-8-6-10-16(18)17-11-7-9-13-19(17)20;1-7-8-9-15-10-12-16(13-11-15)18(23)21-17(19(24)22-25-6)14(2)26-20(3,4)5;1-19-17-16(18)20-10-15-13-8-4-2-6-11(13)12-7-3-5-9-14(12)15;1-2-3-4-9-5-7-10(8-6-9)11(12)13;1-2/h6-13,15,20-21H,14H2,1-5H3,(H,25,28)(H,26,27);1,10-14,17H,2-6H3,(H,21,23)(H,22,24);2-9,15H,10H2,1H3,(H,17,18);1,5-8H,(H,12,13);2H,1H3/t15-,21?;14-,17?;;;/m11.../s1. The molecule has 5 amide bonds. The molecular formula is C72H79N5O15. The van der Waals surface area contributed by atoms with Crippen LogP contribution in [0.1, 0.15) is 121 Å². The zero-order valence-electron chi connectivity index (χ0n) is 53.6. The van der Waals surface area contributed by atoms with E-state index in [0.717, 1.165) is 29.4 Å². The average Bonchev–Trinajstić information content (AvgIpc) is 1.64. The number of carboxylic acid groups (broad SMARTS) is 1. The number of terminal acetylenes is 2. The van der Waals surface area contributed by atoms with E-state index in [2.05, 4.69) is 121 Å². The first kappa shape index (κ1) is 74.2. The quantitative estimate of drug-likeness (QED) is 0.0331. The van der Waals surface area contributed by atoms with Crippen LogP contribution in [0.5, 0.6) is 0 Å². The molecule has 20 heteroatoms. The number of aliphatic hydroxyl groups excluding tert-OH is 1. The Kier molecular flexibility index (Phi) is 29.9. The minimum absolute atomic E-state index is 0.0624. The van der Waals surface area contributed by atoms with Gasteiger partial charge in [0.05, 0.1) is 50.3 Å². The number of hydroxylamine groups is 3. The smallest absolute Gasteiger partial charge is 0.431 e. The molecule has 6 aromatic rings. The van der Waals surface area contributed by atoms with Crippen LogP contribution in [-0.4, -0.2) is 123 Å². The van der Waals surface area contributed by atoms with Gasteiger partial charge >= 0.3 is 18.2 Å². The van der Waals surface area contributed by atoms with Gasteiger partial charge in [0.15, 0.2) is 0 Å². The number of rotatable bonds is 17. The molecule has 0 bridgehead atoms. The number of benzene rings is 6. The van der Waals surface area contributed by atoms with Gasteiger partial charge in [-0.2, -0.15) is 5.48 Å². The van der Waals surface area contributed by atoms with Crippen LogP contribution >= 0.6 is 0 Å². The topological polar surface area (TPSA) is 268 Å². The summed E-state index contributed by atoms with van der Waals surface area (Å²) in [7, 11) is 5.03. The number of hydrogen-bond acceptors (Lipinski definition) is 14. The molecule has 6 aromatic carbocycles. The van der Waals surface area contributed by atoms with Crippen LogP contribution in [0.25, 0.3) is 22.3 Å². The van der Waals surface area contributed by atoms with Crippen molar-refractivity contribution in [2.75, 3.05) is 41.7 Å². The summed E-state index contributed by atoms with van der Waals surface area (Å²) in [6, 6.07) is 43.5. The fraction of sp³-hybridized carbons (Fsp3) is 0.306. The summed E-state index contributed by atoms with van der Waals surface area (Å²) in [5.41, 5.74) is 17.0. The summed E-state index contributed by atoms with van der Waals surface area (Å²) in [5.74, 6) is 12.4. The first-order chi connectivity index (χ1) is 43.9. The van der Waals surface area contributed by atoms with Crippen molar-refractivity contribution in [1.29, 1.82) is 0 Å². The van der Waals surface area contributed by atoms with Crippen LogP contribution in [0.4, 0.5) is 9.59 Å². The molecular weight excluding hydrogens is 1170 g/mol. The van der Waals surface area contributed by atoms with Gasteiger partial charge in [0.25, 0.3) is 17.7 Å². The SMILES string of the molecule is C#CC#Cc1ccc(C(=O)NC(C(=O)NOC)[C@@H](C)OC(C)(C)C)cc1.C#CC#Cc1ccc(C(=O)O)cc1.CO.CONC(=O)C(NC(=O)OCC1c2ccccc2-c2ccccc21)[C@@H](C)OC(C)(C)C.CONC(=O)OCC1c2ccccc2-c2ccccc21. The Labute approximate surface area is 538 Å². The molecule has 20 nitrogen and oxygen atoms in total. The summed E-state index contributed by atoms with van der Waals surface area (Å²) in [4.78, 5) is 85.5. The lowest BCUT2D eigenvalue weighted by Gasteiger charge is -2.30. The summed E-state index contributed by atoms with van der Waals surface area (Å²) >= 11 is 0. The summed E-state index contributed by atoms with van der Waals surface area (Å²) in [6.07, 6.45) is 7.58. The summed E-state index contributed by atoms with van der Waals surface area (Å²) in [5, 5.41) is 20.9. The maximum Gasteiger partial charge on any atom is 0.431 e. The van der Waals surface area contributed by atoms with Gasteiger partial charge in [-0.05, 0) is 172 Å². The third-order valence-electron chi connectivity index (χ3n) is 13.3. The molecule has 0 radical (unpaired) electrons. The second kappa shape index (κ2) is 37.0. The van der Waals surface area contributed by atoms with Gasteiger partial charge in [0.2, 0.25) is 0 Å². The third kappa shape index (κ3) is 23.0. The van der Waals surface area contributed by atoms with E-state index in [1.165, 1.54) is 55.7 Å². The van der Waals surface area contributed by atoms with E-state index in [1.54, 1.807) is 50.2 Å². The predicted molar refractivity (Wildman–Crippen MR) is 349 cm³/mol. The number of carbonyl (C=O) groups is 6. The number of carboxylic acids is 1. The largest absolute Gasteiger partial charge is 0.478 e. The zero-order valence-corrected chi connectivity index (χ0v) is 53.6. The fourth-order valence-electron chi connectivity index (χ4n) is 9.69. The highest BCUT2D eigenvalue weighted by Crippen LogP contribution is 2.45. The van der Waals surface area contributed by atoms with E-state index in [1.807, 2.05) is 90.1 Å². The van der Waals surface area contributed by atoms with E-state index in [0.29, 0.717) is 23.3 Å². The predicted octanol–water partition coefficient (Wildman–Crippen LogP) is 9.49. The van der Waals surface area contributed by atoms with Crippen LogP contribution in [0.15, 0.2) is 146 Å². The Morgan fingerprint density at radius 2 is 0.804 bits per heavy atom. The molecule has 0 heterocycles. The summed E-state index contributed by atoms with van der Waals surface area (Å²) in [6.45, 7) is 15.1. The molecule has 0 saturated heterocycles. The van der Waals surface area contributed by atoms with Crippen molar-refractivity contribution in [2.45, 2.75) is 103 Å². The number of ether oxygens (including phenoxy) is 4. The number of nitrogens with one attached hydrogen (secondary N) is 5.